The van der Waals surface area contributed by atoms with E-state index in [0.717, 1.165) is 24.2 Å². The average Bonchev–Trinajstić information content (AvgIpc) is 2.99. The Bertz CT molecular complexity index is 798. The van der Waals surface area contributed by atoms with Gasteiger partial charge in [-0.3, -0.25) is 4.79 Å². The molecule has 0 aliphatic heterocycles. The third-order valence-corrected chi connectivity index (χ3v) is 5.11. The first-order valence-electron chi connectivity index (χ1n) is 9.09. The minimum absolute atomic E-state index is 0.00213. The van der Waals surface area contributed by atoms with Crippen molar-refractivity contribution < 1.29 is 27.8 Å². The standard InChI is InChI=1S/C18H23F2N3O4S/c1-10(21-11(2)24)7-25-13-5-12(6-13)8-26-16-4-3-14-17(23-16)28-18(22-14)27-9-15(19)20/h3-4,10,12-13,15H,5-9H2,1-2H3,(H,21,24)/t10-,12?,13?/m0/s1. The zero-order valence-electron chi connectivity index (χ0n) is 15.7. The molecule has 1 atom stereocenters. The molecule has 28 heavy (non-hydrogen) atoms. The molecule has 1 aliphatic carbocycles. The topological polar surface area (TPSA) is 82.6 Å². The second kappa shape index (κ2) is 9.42. The van der Waals surface area contributed by atoms with Gasteiger partial charge in [0.25, 0.3) is 11.6 Å². The lowest BCUT2D eigenvalue weighted by Gasteiger charge is -2.35. The number of hydrogen-bond acceptors (Lipinski definition) is 7. The van der Waals surface area contributed by atoms with Crippen LogP contribution in [0.5, 0.6) is 11.1 Å². The van der Waals surface area contributed by atoms with Crippen molar-refractivity contribution in [1.29, 1.82) is 0 Å². The summed E-state index contributed by atoms with van der Waals surface area (Å²) in [5.74, 6) is 0.805. The minimum atomic E-state index is -2.54. The lowest BCUT2D eigenvalue weighted by Crippen LogP contribution is -2.40. The van der Waals surface area contributed by atoms with Gasteiger partial charge in [0.2, 0.25) is 11.8 Å². The number of alkyl halides is 2. The normalized spacial score (nSPS) is 20.0. The number of fused-ring (bicyclic) bond motifs is 1. The summed E-state index contributed by atoms with van der Waals surface area (Å²) in [6.07, 6.45) is -0.540. The van der Waals surface area contributed by atoms with E-state index in [0.29, 0.717) is 35.4 Å². The highest BCUT2D eigenvalue weighted by atomic mass is 32.1. The highest BCUT2D eigenvalue weighted by Gasteiger charge is 2.30. The number of carbonyl (C=O) groups is 1. The fourth-order valence-corrected chi connectivity index (χ4v) is 3.67. The molecule has 1 N–H and O–H groups in total. The van der Waals surface area contributed by atoms with Crippen LogP contribution in [0.15, 0.2) is 12.1 Å². The Labute approximate surface area is 165 Å². The van der Waals surface area contributed by atoms with Crippen molar-refractivity contribution in [3.05, 3.63) is 12.1 Å². The molecule has 3 rings (SSSR count). The van der Waals surface area contributed by atoms with Crippen LogP contribution < -0.4 is 14.8 Å². The van der Waals surface area contributed by atoms with Gasteiger partial charge in [-0.15, -0.1) is 0 Å². The summed E-state index contributed by atoms with van der Waals surface area (Å²) in [5, 5.41) is 2.96. The van der Waals surface area contributed by atoms with Gasteiger partial charge in [-0.2, -0.15) is 0 Å². The Hall–Kier alpha value is -2.07. The van der Waals surface area contributed by atoms with Crippen LogP contribution in [0.3, 0.4) is 0 Å². The predicted octanol–water partition coefficient (Wildman–Crippen LogP) is 3.03. The maximum Gasteiger partial charge on any atom is 0.276 e. The maximum absolute atomic E-state index is 12.2. The molecule has 0 saturated heterocycles. The first kappa shape index (κ1) is 20.7. The van der Waals surface area contributed by atoms with Gasteiger partial charge in [0, 0.05) is 19.0 Å². The van der Waals surface area contributed by atoms with E-state index in [9.17, 15) is 13.6 Å². The lowest BCUT2D eigenvalue weighted by atomic mass is 9.83. The van der Waals surface area contributed by atoms with Crippen molar-refractivity contribution in [2.24, 2.45) is 5.92 Å². The van der Waals surface area contributed by atoms with Crippen molar-refractivity contribution >= 4 is 27.6 Å². The highest BCUT2D eigenvalue weighted by molar-refractivity contribution is 7.19. The van der Waals surface area contributed by atoms with Crippen molar-refractivity contribution in [2.45, 2.75) is 45.3 Å². The number of aromatic nitrogens is 2. The highest BCUT2D eigenvalue weighted by Crippen LogP contribution is 2.32. The Morgan fingerprint density at radius 3 is 2.79 bits per heavy atom. The largest absolute Gasteiger partial charge is 0.477 e. The maximum atomic E-state index is 12.2. The van der Waals surface area contributed by atoms with Crippen LogP contribution in [0.4, 0.5) is 8.78 Å². The molecule has 0 aromatic carbocycles. The van der Waals surface area contributed by atoms with Crippen LogP contribution in [-0.2, 0) is 9.53 Å². The fourth-order valence-electron chi connectivity index (χ4n) is 2.88. The zero-order chi connectivity index (χ0) is 20.1. The van der Waals surface area contributed by atoms with E-state index in [1.165, 1.54) is 6.92 Å². The van der Waals surface area contributed by atoms with E-state index in [-0.39, 0.29) is 23.2 Å². The molecule has 2 heterocycles. The van der Waals surface area contributed by atoms with E-state index >= 15 is 0 Å². The van der Waals surface area contributed by atoms with E-state index < -0.39 is 13.0 Å². The molecule has 0 bridgehead atoms. The molecule has 1 aliphatic rings. The summed E-state index contributed by atoms with van der Waals surface area (Å²) in [6.45, 7) is 3.75. The second-order valence-electron chi connectivity index (χ2n) is 6.86. The molecule has 0 spiro atoms. The number of nitrogens with one attached hydrogen (secondary N) is 1. The Kier molecular flexibility index (Phi) is 6.95. The fraction of sp³-hybridized carbons (Fsp3) is 0.611. The van der Waals surface area contributed by atoms with Crippen LogP contribution in [0.25, 0.3) is 10.3 Å². The number of thiazole rings is 1. The molecule has 1 fully saturated rings. The number of rotatable bonds is 10. The van der Waals surface area contributed by atoms with Crippen molar-refractivity contribution in [1.82, 2.24) is 15.3 Å². The molecule has 10 heteroatoms. The van der Waals surface area contributed by atoms with Gasteiger partial charge in [0.1, 0.15) is 5.52 Å². The number of nitrogens with zero attached hydrogens (tertiary/aromatic N) is 2. The van der Waals surface area contributed by atoms with Crippen LogP contribution >= 0.6 is 11.3 Å². The Balaban J connectivity index is 1.39. The van der Waals surface area contributed by atoms with Gasteiger partial charge in [0.15, 0.2) is 11.4 Å². The van der Waals surface area contributed by atoms with Gasteiger partial charge in [0.05, 0.1) is 19.3 Å². The third-order valence-electron chi connectivity index (χ3n) is 4.23. The van der Waals surface area contributed by atoms with Crippen LogP contribution in [0.1, 0.15) is 26.7 Å². The quantitative estimate of drug-likeness (QED) is 0.642. The molecule has 0 radical (unpaired) electrons. The number of pyridine rings is 1. The van der Waals surface area contributed by atoms with Crippen LogP contribution in [0.2, 0.25) is 0 Å². The number of carbonyl (C=O) groups excluding carboxylic acids is 1. The van der Waals surface area contributed by atoms with Gasteiger partial charge in [-0.05, 0) is 31.7 Å². The first-order chi connectivity index (χ1) is 13.4. The molecule has 7 nitrogen and oxygen atoms in total. The van der Waals surface area contributed by atoms with Gasteiger partial charge >= 0.3 is 0 Å². The molecule has 2 aromatic heterocycles. The second-order valence-corrected chi connectivity index (χ2v) is 7.80. The van der Waals surface area contributed by atoms with Gasteiger partial charge in [-0.1, -0.05) is 11.3 Å². The molecular weight excluding hydrogens is 392 g/mol. The summed E-state index contributed by atoms with van der Waals surface area (Å²) in [6, 6.07) is 3.44. The van der Waals surface area contributed by atoms with E-state index in [1.807, 2.05) is 6.92 Å². The number of hydrogen-bond donors (Lipinski definition) is 1. The summed E-state index contributed by atoms with van der Waals surface area (Å²) in [7, 11) is 0. The van der Waals surface area contributed by atoms with Crippen molar-refractivity contribution in [2.75, 3.05) is 19.8 Å². The van der Waals surface area contributed by atoms with Crippen LogP contribution in [0, 0.1) is 5.92 Å². The average molecular weight is 415 g/mol. The number of halogens is 2. The van der Waals surface area contributed by atoms with Gasteiger partial charge < -0.3 is 19.5 Å². The first-order valence-corrected chi connectivity index (χ1v) is 9.90. The SMILES string of the molecule is CC(=O)N[C@@H](C)COC1CC(COc2ccc3nc(OCC(F)F)sc3n2)C1. The smallest absolute Gasteiger partial charge is 0.276 e. The van der Waals surface area contributed by atoms with Gasteiger partial charge in [-0.25, -0.2) is 18.7 Å². The van der Waals surface area contributed by atoms with E-state index in [4.69, 9.17) is 14.2 Å². The molecular formula is C18H23F2N3O4S. The summed E-state index contributed by atoms with van der Waals surface area (Å²) < 4.78 is 40.9. The Morgan fingerprint density at radius 1 is 1.29 bits per heavy atom. The molecule has 1 saturated carbocycles. The van der Waals surface area contributed by atoms with Crippen molar-refractivity contribution in [3.63, 3.8) is 0 Å². The predicted molar refractivity (Wildman–Crippen MR) is 100 cm³/mol. The van der Waals surface area contributed by atoms with E-state index in [2.05, 4.69) is 15.3 Å². The zero-order valence-corrected chi connectivity index (χ0v) is 16.5. The molecule has 1 amide bonds. The molecule has 2 aromatic rings. The van der Waals surface area contributed by atoms with Crippen molar-refractivity contribution in [3.8, 4) is 11.1 Å². The summed E-state index contributed by atoms with van der Waals surface area (Å²) in [5.41, 5.74) is 0.590. The molecule has 0 unspecified atom stereocenters. The summed E-state index contributed by atoms with van der Waals surface area (Å²) in [4.78, 5) is 20.0. The Morgan fingerprint density at radius 2 is 2.07 bits per heavy atom. The molecule has 154 valence electrons. The minimum Gasteiger partial charge on any atom is -0.477 e. The third kappa shape index (κ3) is 5.96. The lowest BCUT2D eigenvalue weighted by molar-refractivity contribution is -0.120. The van der Waals surface area contributed by atoms with Crippen LogP contribution in [-0.4, -0.2) is 54.3 Å². The number of amides is 1. The summed E-state index contributed by atoms with van der Waals surface area (Å²) >= 11 is 1.11. The number of ether oxygens (including phenoxy) is 3. The monoisotopic (exact) mass is 415 g/mol. The van der Waals surface area contributed by atoms with E-state index in [1.54, 1.807) is 12.1 Å².